The molecule has 0 radical (unpaired) electrons. The van der Waals surface area contributed by atoms with Crippen LogP contribution in [0, 0.1) is 5.82 Å². The van der Waals surface area contributed by atoms with Gasteiger partial charge >= 0.3 is 5.97 Å². The number of nitrogens with two attached hydrogens (primary N) is 1. The molecule has 3 N–H and O–H groups in total. The second-order valence-electron chi connectivity index (χ2n) is 3.59. The molecule has 19 heavy (non-hydrogen) atoms. The highest BCUT2D eigenvalue weighted by atomic mass is 32.2. The van der Waals surface area contributed by atoms with Gasteiger partial charge in [-0.3, -0.25) is 0 Å². The van der Waals surface area contributed by atoms with Gasteiger partial charge in [0.05, 0.1) is 11.3 Å². The minimum atomic E-state index is -1.28. The van der Waals surface area contributed by atoms with Crippen LogP contribution >= 0.6 is 12.3 Å². The normalized spacial score (nSPS) is 12.6. The summed E-state index contributed by atoms with van der Waals surface area (Å²) >= 11 is -0.295. The molecule has 0 saturated heterocycles. The Bertz CT molecular complexity index is 545. The van der Waals surface area contributed by atoms with E-state index in [0.29, 0.717) is 12.0 Å². The Morgan fingerprint density at radius 2 is 2.11 bits per heavy atom. The van der Waals surface area contributed by atoms with Crippen LogP contribution in [-0.2, 0) is 0 Å². The average Bonchev–Trinajstić information content (AvgIpc) is 2.38. The molecule has 1 rings (SSSR count). The Morgan fingerprint density at radius 1 is 1.47 bits per heavy atom. The van der Waals surface area contributed by atoms with Crippen molar-refractivity contribution in [2.24, 2.45) is 10.1 Å². The average molecular weight is 286 g/mol. The predicted octanol–water partition coefficient (Wildman–Crippen LogP) is 3.10. The number of carboxylic acids is 1. The van der Waals surface area contributed by atoms with Crippen molar-refractivity contribution in [2.75, 3.05) is 0 Å². The quantitative estimate of drug-likeness (QED) is 0.644. The maximum absolute atomic E-state index is 13.4. The zero-order valence-electron chi connectivity index (χ0n) is 10.1. The molecule has 0 spiro atoms. The van der Waals surface area contributed by atoms with Crippen molar-refractivity contribution in [3.8, 4) is 0 Å². The van der Waals surface area contributed by atoms with Crippen LogP contribution in [0.4, 0.5) is 8.28 Å². The topological polar surface area (TPSA) is 75.7 Å². The van der Waals surface area contributed by atoms with Gasteiger partial charge in [0.15, 0.2) is 12.3 Å². The first-order valence-electron chi connectivity index (χ1n) is 5.34. The van der Waals surface area contributed by atoms with Gasteiger partial charge in [-0.15, -0.1) is 3.89 Å². The van der Waals surface area contributed by atoms with Crippen LogP contribution < -0.4 is 5.73 Å². The zero-order valence-corrected chi connectivity index (χ0v) is 10.9. The first-order chi connectivity index (χ1) is 9.03. The second-order valence-corrected chi connectivity index (χ2v) is 3.91. The third-order valence-corrected chi connectivity index (χ3v) is 2.68. The van der Waals surface area contributed by atoms with Crippen molar-refractivity contribution in [3.05, 3.63) is 46.9 Å². The Kier molecular flexibility index (Phi) is 5.50. The Labute approximate surface area is 113 Å². The van der Waals surface area contributed by atoms with Crippen molar-refractivity contribution < 1.29 is 18.2 Å². The summed E-state index contributed by atoms with van der Waals surface area (Å²) in [6.45, 7) is 1.77. The third-order valence-electron chi connectivity index (χ3n) is 2.43. The van der Waals surface area contributed by atoms with Crippen LogP contribution in [0.2, 0.25) is 0 Å². The fourth-order valence-electron chi connectivity index (χ4n) is 1.55. The predicted molar refractivity (Wildman–Crippen MR) is 71.2 cm³/mol. The lowest BCUT2D eigenvalue weighted by atomic mass is 9.99. The van der Waals surface area contributed by atoms with Crippen LogP contribution in [0.1, 0.15) is 29.3 Å². The summed E-state index contributed by atoms with van der Waals surface area (Å²) in [5.41, 5.74) is 5.95. The molecule has 0 fully saturated rings. The fraction of sp³-hybridized carbons (Fsp3) is 0.167. The van der Waals surface area contributed by atoms with Gasteiger partial charge < -0.3 is 10.8 Å². The monoisotopic (exact) mass is 286 g/mol. The van der Waals surface area contributed by atoms with Crippen molar-refractivity contribution in [3.63, 3.8) is 0 Å². The molecule has 0 aliphatic rings. The molecule has 7 heteroatoms. The number of benzene rings is 1. The molecule has 0 saturated carbocycles. The van der Waals surface area contributed by atoms with Crippen molar-refractivity contribution in [1.29, 1.82) is 0 Å². The van der Waals surface area contributed by atoms with Gasteiger partial charge in [-0.05, 0) is 36.4 Å². The standard InChI is InChI=1S/C12H12F2N2O2S/c1-2-7(6-15)11(16-19-14)8-3-9(12(17)18)5-10(13)4-8/h3-6H,2,15H2,1H3,(H,17,18)/b7-6-,16-11-. The lowest BCUT2D eigenvalue weighted by Crippen LogP contribution is -2.09. The molecule has 0 unspecified atom stereocenters. The summed E-state index contributed by atoms with van der Waals surface area (Å²) in [6.07, 6.45) is 1.69. The molecule has 0 aliphatic heterocycles. The van der Waals surface area contributed by atoms with Crippen molar-refractivity contribution >= 4 is 24.0 Å². The minimum Gasteiger partial charge on any atom is -0.478 e. The summed E-state index contributed by atoms with van der Waals surface area (Å²) < 4.78 is 29.3. The van der Waals surface area contributed by atoms with Crippen molar-refractivity contribution in [1.82, 2.24) is 0 Å². The summed E-state index contributed by atoms with van der Waals surface area (Å²) in [4.78, 5) is 10.9. The van der Waals surface area contributed by atoms with Gasteiger partial charge in [-0.25, -0.2) is 9.18 Å². The molecule has 1 aromatic rings. The minimum absolute atomic E-state index is 0.125. The highest BCUT2D eigenvalue weighted by Gasteiger charge is 2.14. The molecule has 0 bridgehead atoms. The first kappa shape index (κ1) is 15.2. The molecule has 0 aromatic heterocycles. The molecule has 0 atom stereocenters. The van der Waals surface area contributed by atoms with E-state index in [1.165, 1.54) is 12.3 Å². The molecule has 1 aromatic carbocycles. The van der Waals surface area contributed by atoms with Gasteiger partial charge in [0.1, 0.15) is 5.82 Å². The summed E-state index contributed by atoms with van der Waals surface area (Å²) in [7, 11) is 0. The van der Waals surface area contributed by atoms with Gasteiger partial charge in [0.25, 0.3) is 0 Å². The van der Waals surface area contributed by atoms with Gasteiger partial charge in [-0.1, -0.05) is 6.92 Å². The molecular formula is C12H12F2N2O2S. The van der Waals surface area contributed by atoms with E-state index in [2.05, 4.69) is 4.40 Å². The van der Waals surface area contributed by atoms with Gasteiger partial charge in [0.2, 0.25) is 0 Å². The number of rotatable bonds is 5. The highest BCUT2D eigenvalue weighted by molar-refractivity contribution is 7.93. The van der Waals surface area contributed by atoms with Crippen molar-refractivity contribution in [2.45, 2.75) is 13.3 Å². The number of nitrogens with zero attached hydrogens (tertiary/aromatic N) is 1. The molecule has 4 nitrogen and oxygen atoms in total. The number of hydrogen-bond acceptors (Lipinski definition) is 4. The van der Waals surface area contributed by atoms with E-state index in [1.54, 1.807) is 6.92 Å². The van der Waals surface area contributed by atoms with Crippen LogP contribution in [0.25, 0.3) is 0 Å². The molecular weight excluding hydrogens is 274 g/mol. The molecule has 0 aliphatic carbocycles. The number of aromatic carboxylic acids is 1. The summed E-state index contributed by atoms with van der Waals surface area (Å²) in [5.74, 6) is -2.01. The van der Waals surface area contributed by atoms with E-state index >= 15 is 0 Å². The van der Waals surface area contributed by atoms with Crippen LogP contribution in [-0.4, -0.2) is 16.8 Å². The molecule has 0 amide bonds. The van der Waals surface area contributed by atoms with E-state index in [0.717, 1.165) is 12.1 Å². The smallest absolute Gasteiger partial charge is 0.335 e. The third kappa shape index (κ3) is 3.78. The van der Waals surface area contributed by atoms with Crippen LogP contribution in [0.15, 0.2) is 34.4 Å². The SMILES string of the molecule is CCC(=C/N)/C(=N/SF)c1cc(F)cc(C(=O)O)c1. The molecule has 102 valence electrons. The van der Waals surface area contributed by atoms with E-state index in [9.17, 15) is 13.1 Å². The van der Waals surface area contributed by atoms with E-state index in [4.69, 9.17) is 10.8 Å². The number of halogens is 2. The Hall–Kier alpha value is -1.89. The number of hydrogen-bond donors (Lipinski definition) is 2. The summed E-state index contributed by atoms with van der Waals surface area (Å²) in [6, 6.07) is 3.18. The van der Waals surface area contributed by atoms with E-state index in [1.807, 2.05) is 0 Å². The fourth-order valence-corrected chi connectivity index (χ4v) is 1.84. The number of carbonyl (C=O) groups is 1. The lowest BCUT2D eigenvalue weighted by Gasteiger charge is -2.09. The Balaban J connectivity index is 3.39. The number of allylic oxidation sites excluding steroid dienone is 1. The second kappa shape index (κ2) is 6.89. The van der Waals surface area contributed by atoms with E-state index in [-0.39, 0.29) is 29.2 Å². The number of carboxylic acid groups (broad SMARTS) is 1. The van der Waals surface area contributed by atoms with Gasteiger partial charge in [-0.2, -0.15) is 4.40 Å². The van der Waals surface area contributed by atoms with Crippen LogP contribution in [0.5, 0.6) is 0 Å². The Morgan fingerprint density at radius 3 is 2.58 bits per heavy atom. The maximum atomic E-state index is 13.4. The maximum Gasteiger partial charge on any atom is 0.335 e. The zero-order chi connectivity index (χ0) is 14.4. The first-order valence-corrected chi connectivity index (χ1v) is 6.02. The molecule has 0 heterocycles. The highest BCUT2D eigenvalue weighted by Crippen LogP contribution is 2.19. The lowest BCUT2D eigenvalue weighted by molar-refractivity contribution is 0.0696. The largest absolute Gasteiger partial charge is 0.478 e. The summed E-state index contributed by atoms with van der Waals surface area (Å²) in [5, 5.41) is 8.87. The van der Waals surface area contributed by atoms with Crippen LogP contribution in [0.3, 0.4) is 0 Å². The van der Waals surface area contributed by atoms with Gasteiger partial charge in [0, 0.05) is 5.56 Å². The van der Waals surface area contributed by atoms with E-state index < -0.39 is 11.8 Å².